The van der Waals surface area contributed by atoms with Crippen LogP contribution in [-0.2, 0) is 17.9 Å². The summed E-state index contributed by atoms with van der Waals surface area (Å²) >= 11 is 0. The van der Waals surface area contributed by atoms with Gasteiger partial charge < -0.3 is 9.15 Å². The standard InChI is InChI=1S/C16H15N3O4/c1-2-9-19-15(20)8-7-12(18-19)16(21)22-10-14-17-11-5-3-4-6-13(11)23-14/h3-8H,2,9-10H2,1H3. The van der Waals surface area contributed by atoms with E-state index in [0.717, 1.165) is 6.42 Å². The Morgan fingerprint density at radius 3 is 2.87 bits per heavy atom. The molecule has 2 aromatic heterocycles. The van der Waals surface area contributed by atoms with Crippen molar-refractivity contribution in [1.29, 1.82) is 0 Å². The number of aromatic nitrogens is 3. The first kappa shape index (κ1) is 15.0. The van der Waals surface area contributed by atoms with Crippen LogP contribution in [0.3, 0.4) is 0 Å². The number of aryl methyl sites for hydroxylation is 1. The van der Waals surface area contributed by atoms with Crippen molar-refractivity contribution in [2.24, 2.45) is 0 Å². The van der Waals surface area contributed by atoms with Crippen LogP contribution in [0.25, 0.3) is 11.1 Å². The van der Waals surface area contributed by atoms with Crippen molar-refractivity contribution in [3.05, 3.63) is 58.3 Å². The van der Waals surface area contributed by atoms with Gasteiger partial charge in [-0.15, -0.1) is 0 Å². The van der Waals surface area contributed by atoms with Gasteiger partial charge in [-0.05, 0) is 24.6 Å². The fourth-order valence-electron chi connectivity index (χ4n) is 2.11. The number of carbonyl (C=O) groups excluding carboxylic acids is 1. The van der Waals surface area contributed by atoms with Gasteiger partial charge in [0.2, 0.25) is 5.89 Å². The molecule has 0 fully saturated rings. The molecule has 0 saturated carbocycles. The van der Waals surface area contributed by atoms with E-state index in [0.29, 0.717) is 23.5 Å². The fourth-order valence-corrected chi connectivity index (χ4v) is 2.11. The number of rotatable bonds is 5. The third-order valence-electron chi connectivity index (χ3n) is 3.18. The van der Waals surface area contributed by atoms with Gasteiger partial charge in [0.05, 0.1) is 0 Å². The number of esters is 1. The second-order valence-electron chi connectivity index (χ2n) is 4.93. The Kier molecular flexibility index (Phi) is 4.18. The summed E-state index contributed by atoms with van der Waals surface area (Å²) in [5, 5.41) is 4.00. The fraction of sp³-hybridized carbons (Fsp3) is 0.250. The maximum Gasteiger partial charge on any atom is 0.359 e. The molecule has 23 heavy (non-hydrogen) atoms. The lowest BCUT2D eigenvalue weighted by molar-refractivity contribution is 0.0430. The van der Waals surface area contributed by atoms with Crippen LogP contribution >= 0.6 is 0 Å². The van der Waals surface area contributed by atoms with E-state index in [9.17, 15) is 9.59 Å². The zero-order valence-corrected chi connectivity index (χ0v) is 12.6. The molecule has 0 bridgehead atoms. The molecule has 2 heterocycles. The van der Waals surface area contributed by atoms with Gasteiger partial charge in [0.1, 0.15) is 5.52 Å². The van der Waals surface area contributed by atoms with E-state index in [2.05, 4.69) is 10.1 Å². The summed E-state index contributed by atoms with van der Waals surface area (Å²) in [4.78, 5) is 27.8. The Morgan fingerprint density at radius 2 is 2.09 bits per heavy atom. The lowest BCUT2D eigenvalue weighted by atomic mass is 10.3. The monoisotopic (exact) mass is 313 g/mol. The summed E-state index contributed by atoms with van der Waals surface area (Å²) in [5.41, 5.74) is 1.16. The number of fused-ring (bicyclic) bond motifs is 1. The van der Waals surface area contributed by atoms with Crippen molar-refractivity contribution in [2.45, 2.75) is 26.5 Å². The quantitative estimate of drug-likeness (QED) is 0.671. The smallest absolute Gasteiger partial charge is 0.359 e. The highest BCUT2D eigenvalue weighted by Crippen LogP contribution is 2.15. The molecule has 3 aromatic rings. The maximum absolute atomic E-state index is 12.0. The van der Waals surface area contributed by atoms with Gasteiger partial charge in [-0.2, -0.15) is 5.10 Å². The Bertz CT molecular complexity index is 864. The molecule has 0 unspecified atom stereocenters. The maximum atomic E-state index is 12.0. The van der Waals surface area contributed by atoms with Crippen LogP contribution in [0, 0.1) is 0 Å². The van der Waals surface area contributed by atoms with E-state index < -0.39 is 5.97 Å². The van der Waals surface area contributed by atoms with E-state index >= 15 is 0 Å². The minimum atomic E-state index is -0.628. The Morgan fingerprint density at radius 1 is 1.26 bits per heavy atom. The minimum Gasteiger partial charge on any atom is -0.451 e. The predicted octanol–water partition coefficient (Wildman–Crippen LogP) is 2.15. The van der Waals surface area contributed by atoms with Gasteiger partial charge in [-0.25, -0.2) is 14.5 Å². The lowest BCUT2D eigenvalue weighted by Gasteiger charge is -2.05. The first-order valence-electron chi connectivity index (χ1n) is 7.27. The van der Waals surface area contributed by atoms with E-state index in [-0.39, 0.29) is 17.9 Å². The van der Waals surface area contributed by atoms with Crippen molar-refractivity contribution < 1.29 is 13.9 Å². The van der Waals surface area contributed by atoms with Crippen LogP contribution < -0.4 is 5.56 Å². The average molecular weight is 313 g/mol. The highest BCUT2D eigenvalue weighted by atomic mass is 16.5. The molecule has 7 nitrogen and oxygen atoms in total. The van der Waals surface area contributed by atoms with Gasteiger partial charge in [-0.3, -0.25) is 4.79 Å². The first-order chi connectivity index (χ1) is 11.2. The van der Waals surface area contributed by atoms with Gasteiger partial charge in [0.15, 0.2) is 17.9 Å². The predicted molar refractivity (Wildman–Crippen MR) is 81.9 cm³/mol. The molecule has 0 atom stereocenters. The molecule has 0 N–H and O–H groups in total. The molecular weight excluding hydrogens is 298 g/mol. The normalized spacial score (nSPS) is 10.8. The zero-order chi connectivity index (χ0) is 16.2. The van der Waals surface area contributed by atoms with Crippen LogP contribution in [0.4, 0.5) is 0 Å². The summed E-state index contributed by atoms with van der Waals surface area (Å²) in [6.07, 6.45) is 0.744. The molecule has 0 amide bonds. The van der Waals surface area contributed by atoms with Gasteiger partial charge in [0, 0.05) is 12.6 Å². The second-order valence-corrected chi connectivity index (χ2v) is 4.93. The van der Waals surface area contributed by atoms with Gasteiger partial charge >= 0.3 is 5.97 Å². The average Bonchev–Trinajstić information content (AvgIpc) is 2.98. The number of nitrogens with zero attached hydrogens (tertiary/aromatic N) is 3. The van der Waals surface area contributed by atoms with Crippen molar-refractivity contribution >= 4 is 17.1 Å². The summed E-state index contributed by atoms with van der Waals surface area (Å²) in [7, 11) is 0. The zero-order valence-electron chi connectivity index (χ0n) is 12.6. The Balaban J connectivity index is 1.71. The summed E-state index contributed by atoms with van der Waals surface area (Å²) in [5.74, 6) is -0.321. The number of para-hydroxylation sites is 2. The SMILES string of the molecule is CCCn1nc(C(=O)OCc2nc3ccccc3o2)ccc1=O. The number of carbonyl (C=O) groups is 1. The van der Waals surface area contributed by atoms with Crippen molar-refractivity contribution in [3.63, 3.8) is 0 Å². The molecule has 0 saturated heterocycles. The highest BCUT2D eigenvalue weighted by Gasteiger charge is 2.13. The van der Waals surface area contributed by atoms with Crippen LogP contribution in [0.15, 0.2) is 45.6 Å². The van der Waals surface area contributed by atoms with Crippen molar-refractivity contribution in [2.75, 3.05) is 0 Å². The molecule has 0 aliphatic rings. The number of ether oxygens (including phenoxy) is 1. The first-order valence-corrected chi connectivity index (χ1v) is 7.27. The third-order valence-corrected chi connectivity index (χ3v) is 3.18. The molecule has 7 heteroatoms. The highest BCUT2D eigenvalue weighted by molar-refractivity contribution is 5.86. The summed E-state index contributed by atoms with van der Waals surface area (Å²) < 4.78 is 11.9. The van der Waals surface area contributed by atoms with Crippen LogP contribution in [0.1, 0.15) is 29.7 Å². The van der Waals surface area contributed by atoms with E-state index in [1.807, 2.05) is 25.1 Å². The van der Waals surface area contributed by atoms with Crippen molar-refractivity contribution in [3.8, 4) is 0 Å². The van der Waals surface area contributed by atoms with Gasteiger partial charge in [-0.1, -0.05) is 19.1 Å². The molecule has 0 aliphatic heterocycles. The van der Waals surface area contributed by atoms with Crippen molar-refractivity contribution in [1.82, 2.24) is 14.8 Å². The molecule has 0 spiro atoms. The number of benzene rings is 1. The molecular formula is C16H15N3O4. The number of hydrogen-bond donors (Lipinski definition) is 0. The molecule has 118 valence electrons. The van der Waals surface area contributed by atoms with E-state index in [4.69, 9.17) is 9.15 Å². The minimum absolute atomic E-state index is 0.0779. The number of hydrogen-bond acceptors (Lipinski definition) is 6. The van der Waals surface area contributed by atoms with Gasteiger partial charge in [0.25, 0.3) is 5.56 Å². The topological polar surface area (TPSA) is 87.2 Å². The van der Waals surface area contributed by atoms with E-state index in [1.54, 1.807) is 6.07 Å². The largest absolute Gasteiger partial charge is 0.451 e. The van der Waals surface area contributed by atoms with Crippen LogP contribution in [0.5, 0.6) is 0 Å². The lowest BCUT2D eigenvalue weighted by Crippen LogP contribution is -2.24. The Hall–Kier alpha value is -2.96. The van der Waals surface area contributed by atoms with E-state index in [1.165, 1.54) is 16.8 Å². The molecule has 0 aliphatic carbocycles. The summed E-state index contributed by atoms with van der Waals surface area (Å²) in [6, 6.07) is 9.94. The van der Waals surface area contributed by atoms with Crippen LogP contribution in [0.2, 0.25) is 0 Å². The second kappa shape index (κ2) is 6.43. The number of oxazole rings is 1. The Labute approximate surface area is 131 Å². The molecule has 3 rings (SSSR count). The third kappa shape index (κ3) is 3.28. The molecule has 1 aromatic carbocycles. The summed E-state index contributed by atoms with van der Waals surface area (Å²) in [6.45, 7) is 2.28. The van der Waals surface area contributed by atoms with Crippen LogP contribution in [-0.4, -0.2) is 20.7 Å². The molecule has 0 radical (unpaired) electrons.